The van der Waals surface area contributed by atoms with Gasteiger partial charge in [0.15, 0.2) is 11.5 Å². The third-order valence-corrected chi connectivity index (χ3v) is 5.41. The molecule has 1 aromatic rings. The summed E-state index contributed by atoms with van der Waals surface area (Å²) in [6.45, 7) is 0.489. The Labute approximate surface area is 151 Å². The lowest BCUT2D eigenvalue weighted by Gasteiger charge is -2.19. The van der Waals surface area contributed by atoms with Crippen LogP contribution in [0.2, 0.25) is 0 Å². The highest BCUT2D eigenvalue weighted by atomic mass is 16.7. The van der Waals surface area contributed by atoms with Crippen molar-refractivity contribution in [2.45, 2.75) is 32.1 Å². The summed E-state index contributed by atoms with van der Waals surface area (Å²) in [7, 11) is 0. The molecule has 3 amide bonds. The first kappa shape index (κ1) is 16.9. The maximum Gasteiger partial charge on any atom is 0.240 e. The summed E-state index contributed by atoms with van der Waals surface area (Å²) in [5.41, 5.74) is 1.02. The van der Waals surface area contributed by atoms with Gasteiger partial charge in [-0.2, -0.15) is 0 Å². The van der Waals surface area contributed by atoms with Gasteiger partial charge in [0, 0.05) is 6.54 Å². The maximum absolute atomic E-state index is 12.4. The standard InChI is InChI=1S/C19H22N2O5/c22-17(10-21-18(23)13-3-1-2-4-14(13)19(21)24)20-8-7-12-5-6-15-16(9-12)26-11-25-15/h5-6,9,13-14H,1-4,7-8,10-11H2,(H,20,22). The normalized spacial score (nSPS) is 23.9. The Balaban J connectivity index is 1.28. The molecule has 7 heteroatoms. The Kier molecular flexibility index (Phi) is 4.53. The molecule has 138 valence electrons. The number of fused-ring (bicyclic) bond motifs is 2. The van der Waals surface area contributed by atoms with E-state index in [0.717, 1.165) is 41.9 Å². The number of imide groups is 1. The molecule has 2 unspecified atom stereocenters. The number of carbonyl (C=O) groups is 3. The molecule has 0 spiro atoms. The first-order valence-corrected chi connectivity index (χ1v) is 9.14. The number of carbonyl (C=O) groups excluding carboxylic acids is 3. The first-order chi connectivity index (χ1) is 12.6. The molecule has 2 atom stereocenters. The van der Waals surface area contributed by atoms with Crippen molar-refractivity contribution in [1.29, 1.82) is 0 Å². The Morgan fingerprint density at radius 2 is 1.77 bits per heavy atom. The minimum Gasteiger partial charge on any atom is -0.454 e. The fraction of sp³-hybridized carbons (Fsp3) is 0.526. The van der Waals surface area contributed by atoms with Crippen molar-refractivity contribution >= 4 is 17.7 Å². The van der Waals surface area contributed by atoms with Crippen LogP contribution in [0.1, 0.15) is 31.2 Å². The highest BCUT2D eigenvalue weighted by Gasteiger charge is 2.48. The number of amides is 3. The van der Waals surface area contributed by atoms with Gasteiger partial charge in [0.25, 0.3) is 0 Å². The van der Waals surface area contributed by atoms with Crippen molar-refractivity contribution in [3.05, 3.63) is 23.8 Å². The zero-order valence-electron chi connectivity index (χ0n) is 14.5. The largest absolute Gasteiger partial charge is 0.454 e. The van der Waals surface area contributed by atoms with Crippen LogP contribution >= 0.6 is 0 Å². The van der Waals surface area contributed by atoms with Crippen LogP contribution in [0.15, 0.2) is 18.2 Å². The van der Waals surface area contributed by atoms with Crippen LogP contribution in [-0.4, -0.2) is 42.5 Å². The van der Waals surface area contributed by atoms with Gasteiger partial charge in [0.2, 0.25) is 24.5 Å². The Morgan fingerprint density at radius 1 is 1.08 bits per heavy atom. The van der Waals surface area contributed by atoms with Gasteiger partial charge >= 0.3 is 0 Å². The maximum atomic E-state index is 12.4. The predicted octanol–water partition coefficient (Wildman–Crippen LogP) is 1.25. The summed E-state index contributed by atoms with van der Waals surface area (Å²) in [6.07, 6.45) is 4.12. The Hall–Kier alpha value is -2.57. The first-order valence-electron chi connectivity index (χ1n) is 9.14. The highest BCUT2D eigenvalue weighted by Crippen LogP contribution is 2.37. The number of rotatable bonds is 5. The molecular formula is C19H22N2O5. The van der Waals surface area contributed by atoms with Crippen LogP contribution in [0.25, 0.3) is 0 Å². The molecule has 1 aliphatic carbocycles. The Bertz CT molecular complexity index is 723. The number of hydrogen-bond donors (Lipinski definition) is 1. The molecule has 4 rings (SSSR count). The summed E-state index contributed by atoms with van der Waals surface area (Å²) in [5, 5.41) is 2.79. The molecule has 1 aromatic carbocycles. The average molecular weight is 358 g/mol. The van der Waals surface area contributed by atoms with E-state index in [1.54, 1.807) is 0 Å². The number of benzene rings is 1. The fourth-order valence-corrected chi connectivity index (χ4v) is 4.03. The van der Waals surface area contributed by atoms with Crippen molar-refractivity contribution in [3.8, 4) is 11.5 Å². The van der Waals surface area contributed by atoms with E-state index in [9.17, 15) is 14.4 Å². The second-order valence-electron chi connectivity index (χ2n) is 7.05. The van der Waals surface area contributed by atoms with Crippen LogP contribution in [0.3, 0.4) is 0 Å². The third-order valence-electron chi connectivity index (χ3n) is 5.41. The third kappa shape index (κ3) is 3.13. The van der Waals surface area contributed by atoms with Gasteiger partial charge in [-0.1, -0.05) is 18.9 Å². The minimum atomic E-state index is -0.300. The van der Waals surface area contributed by atoms with Crippen LogP contribution in [0.4, 0.5) is 0 Å². The van der Waals surface area contributed by atoms with Crippen LogP contribution in [-0.2, 0) is 20.8 Å². The van der Waals surface area contributed by atoms with Crippen LogP contribution < -0.4 is 14.8 Å². The van der Waals surface area contributed by atoms with Gasteiger partial charge in [-0.3, -0.25) is 19.3 Å². The minimum absolute atomic E-state index is 0.175. The quantitative estimate of drug-likeness (QED) is 0.801. The number of hydrogen-bond acceptors (Lipinski definition) is 5. The van der Waals surface area contributed by atoms with E-state index >= 15 is 0 Å². The van der Waals surface area contributed by atoms with Gasteiger partial charge in [-0.25, -0.2) is 0 Å². The van der Waals surface area contributed by atoms with E-state index < -0.39 is 0 Å². The lowest BCUT2D eigenvalue weighted by Crippen LogP contribution is -2.41. The molecule has 1 saturated carbocycles. The second kappa shape index (κ2) is 6.97. The molecule has 2 fully saturated rings. The van der Waals surface area contributed by atoms with Gasteiger partial charge in [-0.05, 0) is 37.0 Å². The topological polar surface area (TPSA) is 84.9 Å². The van der Waals surface area contributed by atoms with Crippen LogP contribution in [0.5, 0.6) is 11.5 Å². The summed E-state index contributed by atoms with van der Waals surface area (Å²) < 4.78 is 10.6. The summed E-state index contributed by atoms with van der Waals surface area (Å²) in [6, 6.07) is 5.67. The van der Waals surface area contributed by atoms with E-state index in [1.165, 1.54) is 0 Å². The van der Waals surface area contributed by atoms with E-state index in [2.05, 4.69) is 5.32 Å². The predicted molar refractivity (Wildman–Crippen MR) is 91.4 cm³/mol. The number of nitrogens with one attached hydrogen (secondary N) is 1. The van der Waals surface area contributed by atoms with E-state index in [-0.39, 0.29) is 42.9 Å². The molecule has 1 saturated heterocycles. The summed E-state index contributed by atoms with van der Waals surface area (Å²) in [5.74, 6) is 0.368. The molecule has 2 heterocycles. The van der Waals surface area contributed by atoms with E-state index in [1.807, 2.05) is 18.2 Å². The number of ether oxygens (including phenoxy) is 2. The van der Waals surface area contributed by atoms with Crippen molar-refractivity contribution in [2.24, 2.45) is 11.8 Å². The molecule has 7 nitrogen and oxygen atoms in total. The monoisotopic (exact) mass is 358 g/mol. The van der Waals surface area contributed by atoms with Crippen molar-refractivity contribution < 1.29 is 23.9 Å². The number of likely N-dealkylation sites (tertiary alicyclic amines) is 1. The second-order valence-corrected chi connectivity index (χ2v) is 7.05. The zero-order valence-corrected chi connectivity index (χ0v) is 14.5. The van der Waals surface area contributed by atoms with E-state index in [4.69, 9.17) is 9.47 Å². The highest BCUT2D eigenvalue weighted by molar-refractivity contribution is 6.07. The van der Waals surface area contributed by atoms with Crippen molar-refractivity contribution in [3.63, 3.8) is 0 Å². The van der Waals surface area contributed by atoms with Gasteiger partial charge < -0.3 is 14.8 Å². The molecule has 1 N–H and O–H groups in total. The number of nitrogens with zero attached hydrogens (tertiary/aromatic N) is 1. The van der Waals surface area contributed by atoms with Gasteiger partial charge in [0.05, 0.1) is 11.8 Å². The Morgan fingerprint density at radius 3 is 2.50 bits per heavy atom. The molecular weight excluding hydrogens is 336 g/mol. The van der Waals surface area contributed by atoms with E-state index in [0.29, 0.717) is 18.7 Å². The smallest absolute Gasteiger partial charge is 0.240 e. The molecule has 0 radical (unpaired) electrons. The fourth-order valence-electron chi connectivity index (χ4n) is 4.03. The van der Waals surface area contributed by atoms with Crippen molar-refractivity contribution in [1.82, 2.24) is 10.2 Å². The average Bonchev–Trinajstić information content (AvgIpc) is 3.21. The molecule has 0 aromatic heterocycles. The molecule has 2 aliphatic heterocycles. The lowest BCUT2D eigenvalue weighted by molar-refractivity contribution is -0.143. The van der Waals surface area contributed by atoms with Gasteiger partial charge in [0.1, 0.15) is 6.54 Å². The molecule has 3 aliphatic rings. The summed E-state index contributed by atoms with van der Waals surface area (Å²) >= 11 is 0. The van der Waals surface area contributed by atoms with Gasteiger partial charge in [-0.15, -0.1) is 0 Å². The van der Waals surface area contributed by atoms with Crippen LogP contribution in [0, 0.1) is 11.8 Å². The molecule has 0 bridgehead atoms. The SMILES string of the molecule is O=C(CN1C(=O)C2CCCCC2C1=O)NCCc1ccc2c(c1)OCO2. The zero-order chi connectivity index (χ0) is 18.1. The summed E-state index contributed by atoms with van der Waals surface area (Å²) in [4.78, 5) is 38.1. The lowest BCUT2D eigenvalue weighted by atomic mass is 9.81. The molecule has 26 heavy (non-hydrogen) atoms. The van der Waals surface area contributed by atoms with Crippen molar-refractivity contribution in [2.75, 3.05) is 19.9 Å².